The highest BCUT2D eigenvalue weighted by molar-refractivity contribution is 7.93. The maximum atomic E-state index is 12.6. The van der Waals surface area contributed by atoms with Crippen molar-refractivity contribution in [3.05, 3.63) is 28.2 Å². The maximum Gasteiger partial charge on any atom is 0.324 e. The van der Waals surface area contributed by atoms with E-state index in [-0.39, 0.29) is 21.4 Å². The molecule has 1 aromatic carbocycles. The van der Waals surface area contributed by atoms with Crippen LogP contribution in [0.4, 0.5) is 0 Å². The van der Waals surface area contributed by atoms with Crippen molar-refractivity contribution in [2.45, 2.75) is 36.3 Å². The van der Waals surface area contributed by atoms with Crippen LogP contribution in [-0.2, 0) is 19.4 Å². The van der Waals surface area contributed by atoms with Gasteiger partial charge in [0.1, 0.15) is 0 Å². The number of esters is 1. The van der Waals surface area contributed by atoms with E-state index in [1.165, 1.54) is 18.2 Å². The van der Waals surface area contributed by atoms with Crippen LogP contribution in [0, 0.1) is 0 Å². The Balaban J connectivity index is 3.28. The summed E-state index contributed by atoms with van der Waals surface area (Å²) in [5, 5.41) is -0.977. The molecule has 0 aliphatic carbocycles. The number of ether oxygens (including phenoxy) is 1. The first-order valence-corrected chi connectivity index (χ1v) is 8.41. The van der Waals surface area contributed by atoms with E-state index in [1.807, 2.05) is 6.92 Å². The Morgan fingerprint density at radius 3 is 2.55 bits per heavy atom. The van der Waals surface area contributed by atoms with Crippen molar-refractivity contribution in [2.75, 3.05) is 7.11 Å². The Morgan fingerprint density at radius 1 is 1.35 bits per heavy atom. The van der Waals surface area contributed by atoms with Gasteiger partial charge in [-0.05, 0) is 24.6 Å². The molecule has 0 radical (unpaired) electrons. The van der Waals surface area contributed by atoms with Crippen molar-refractivity contribution in [1.82, 2.24) is 0 Å². The summed E-state index contributed by atoms with van der Waals surface area (Å²) in [4.78, 5) is 11.6. The van der Waals surface area contributed by atoms with Crippen molar-refractivity contribution in [2.24, 2.45) is 0 Å². The lowest BCUT2D eigenvalue weighted by atomic mass is 10.2. The van der Waals surface area contributed by atoms with Gasteiger partial charge in [-0.25, -0.2) is 8.42 Å². The molecule has 0 aliphatic rings. The topological polar surface area (TPSA) is 60.4 Å². The van der Waals surface area contributed by atoms with Gasteiger partial charge in [-0.2, -0.15) is 0 Å². The van der Waals surface area contributed by atoms with Crippen molar-refractivity contribution in [3.63, 3.8) is 0 Å². The third-order valence-corrected chi connectivity index (χ3v) is 5.66. The second kappa shape index (κ2) is 7.29. The van der Waals surface area contributed by atoms with Crippen LogP contribution in [0.25, 0.3) is 0 Å². The van der Waals surface area contributed by atoms with Crippen LogP contribution < -0.4 is 0 Å². The molecule has 0 fully saturated rings. The molecule has 1 atom stereocenters. The second-order valence-corrected chi connectivity index (χ2v) is 7.22. The largest absolute Gasteiger partial charge is 0.468 e. The minimum Gasteiger partial charge on any atom is -0.468 e. The second-order valence-electron chi connectivity index (χ2n) is 4.27. The molecule has 112 valence electrons. The van der Waals surface area contributed by atoms with Gasteiger partial charge in [0.2, 0.25) is 0 Å². The minimum atomic E-state index is -3.93. The van der Waals surface area contributed by atoms with Crippen LogP contribution in [0.15, 0.2) is 23.1 Å². The quantitative estimate of drug-likeness (QED) is 0.744. The number of sulfone groups is 1. The van der Waals surface area contributed by atoms with Gasteiger partial charge >= 0.3 is 5.97 Å². The molecule has 0 amide bonds. The number of benzene rings is 1. The molecule has 0 aliphatic heterocycles. The number of hydrogen-bond donors (Lipinski definition) is 0. The summed E-state index contributed by atoms with van der Waals surface area (Å²) in [6.07, 6.45) is 1.55. The van der Waals surface area contributed by atoms with Crippen molar-refractivity contribution in [3.8, 4) is 0 Å². The average Bonchev–Trinajstić information content (AvgIpc) is 2.41. The molecule has 0 bridgehead atoms. The normalized spacial score (nSPS) is 13.0. The van der Waals surface area contributed by atoms with Gasteiger partial charge in [-0.15, -0.1) is 0 Å². The van der Waals surface area contributed by atoms with Crippen LogP contribution in [-0.4, -0.2) is 26.7 Å². The third-order valence-electron chi connectivity index (χ3n) is 2.86. The van der Waals surface area contributed by atoms with E-state index >= 15 is 0 Å². The summed E-state index contributed by atoms with van der Waals surface area (Å²) in [5.41, 5.74) is 0. The van der Waals surface area contributed by atoms with Gasteiger partial charge in [-0.1, -0.05) is 43.0 Å². The van der Waals surface area contributed by atoms with Crippen LogP contribution >= 0.6 is 23.2 Å². The van der Waals surface area contributed by atoms with Gasteiger partial charge in [-0.3, -0.25) is 4.79 Å². The third kappa shape index (κ3) is 3.87. The Kier molecular flexibility index (Phi) is 6.30. The molecular formula is C13H16Cl2O4S. The minimum absolute atomic E-state index is 0.0415. The van der Waals surface area contributed by atoms with Crippen LogP contribution in [0.3, 0.4) is 0 Å². The zero-order valence-corrected chi connectivity index (χ0v) is 13.6. The lowest BCUT2D eigenvalue weighted by Crippen LogP contribution is -2.31. The fourth-order valence-electron chi connectivity index (χ4n) is 1.77. The summed E-state index contributed by atoms with van der Waals surface area (Å²) in [5.74, 6) is -0.783. The molecule has 1 rings (SSSR count). The molecule has 20 heavy (non-hydrogen) atoms. The van der Waals surface area contributed by atoms with E-state index < -0.39 is 21.1 Å². The molecular weight excluding hydrogens is 323 g/mol. The van der Waals surface area contributed by atoms with Gasteiger partial charge in [0, 0.05) is 5.02 Å². The molecule has 0 N–H and O–H groups in total. The Morgan fingerprint density at radius 2 is 2.00 bits per heavy atom. The molecule has 1 aromatic rings. The predicted molar refractivity (Wildman–Crippen MR) is 79.0 cm³/mol. The van der Waals surface area contributed by atoms with Crippen LogP contribution in [0.5, 0.6) is 0 Å². The van der Waals surface area contributed by atoms with Crippen LogP contribution in [0.2, 0.25) is 10.0 Å². The van der Waals surface area contributed by atoms with E-state index in [2.05, 4.69) is 4.74 Å². The Hall–Kier alpha value is -0.780. The van der Waals surface area contributed by atoms with Gasteiger partial charge < -0.3 is 4.74 Å². The molecule has 0 saturated heterocycles. The summed E-state index contributed by atoms with van der Waals surface area (Å²) in [7, 11) is -2.77. The highest BCUT2D eigenvalue weighted by atomic mass is 35.5. The monoisotopic (exact) mass is 338 g/mol. The number of hydrogen-bond acceptors (Lipinski definition) is 4. The van der Waals surface area contributed by atoms with Crippen LogP contribution in [0.1, 0.15) is 26.2 Å². The summed E-state index contributed by atoms with van der Waals surface area (Å²) < 4.78 is 29.7. The SMILES string of the molecule is CCCCC(C(=O)OC)S(=O)(=O)c1cc(Cl)ccc1Cl. The van der Waals surface area contributed by atoms with Gasteiger partial charge in [0.05, 0.1) is 17.0 Å². The van der Waals surface area contributed by atoms with Gasteiger partial charge in [0.25, 0.3) is 0 Å². The maximum absolute atomic E-state index is 12.6. The van der Waals surface area contributed by atoms with E-state index in [9.17, 15) is 13.2 Å². The fraction of sp³-hybridized carbons (Fsp3) is 0.462. The number of halogens is 2. The number of carbonyl (C=O) groups is 1. The molecule has 4 nitrogen and oxygen atoms in total. The zero-order valence-electron chi connectivity index (χ0n) is 11.2. The molecule has 0 heterocycles. The van der Waals surface area contributed by atoms with E-state index in [4.69, 9.17) is 23.2 Å². The molecule has 7 heteroatoms. The molecule has 0 spiro atoms. The standard InChI is InChI=1S/C13H16Cl2O4S/c1-3-4-5-11(13(16)19-2)20(17,18)12-8-9(14)6-7-10(12)15/h6-8,11H,3-5H2,1-2H3. The number of unbranched alkanes of at least 4 members (excludes halogenated alkanes) is 1. The van der Waals surface area contributed by atoms with E-state index in [0.29, 0.717) is 6.42 Å². The van der Waals surface area contributed by atoms with E-state index in [0.717, 1.165) is 13.5 Å². The first kappa shape index (κ1) is 17.3. The molecule has 0 saturated carbocycles. The number of methoxy groups -OCH3 is 1. The average molecular weight is 339 g/mol. The molecule has 0 aromatic heterocycles. The lowest BCUT2D eigenvalue weighted by Gasteiger charge is -2.16. The lowest BCUT2D eigenvalue weighted by molar-refractivity contribution is -0.140. The number of carbonyl (C=O) groups excluding carboxylic acids is 1. The number of rotatable bonds is 6. The Bertz CT molecular complexity index is 584. The fourth-order valence-corrected chi connectivity index (χ4v) is 4.21. The van der Waals surface area contributed by atoms with Gasteiger partial charge in [0.15, 0.2) is 15.1 Å². The Labute approximate surface area is 128 Å². The van der Waals surface area contributed by atoms with Crippen molar-refractivity contribution >= 4 is 39.0 Å². The van der Waals surface area contributed by atoms with Crippen molar-refractivity contribution in [1.29, 1.82) is 0 Å². The smallest absolute Gasteiger partial charge is 0.324 e. The highest BCUT2D eigenvalue weighted by Gasteiger charge is 2.35. The highest BCUT2D eigenvalue weighted by Crippen LogP contribution is 2.30. The molecule has 1 unspecified atom stereocenters. The summed E-state index contributed by atoms with van der Waals surface area (Å²) in [6.45, 7) is 1.91. The van der Waals surface area contributed by atoms with Crippen molar-refractivity contribution < 1.29 is 17.9 Å². The predicted octanol–water partition coefficient (Wildman–Crippen LogP) is 3.50. The summed E-state index contributed by atoms with van der Waals surface area (Å²) >= 11 is 11.7. The summed E-state index contributed by atoms with van der Waals surface area (Å²) in [6, 6.07) is 4.13. The van der Waals surface area contributed by atoms with E-state index in [1.54, 1.807) is 0 Å². The zero-order chi connectivity index (χ0) is 15.3. The first-order chi connectivity index (χ1) is 9.34. The first-order valence-electron chi connectivity index (χ1n) is 6.11.